The maximum Gasteiger partial charge on any atom is 0.330 e. The van der Waals surface area contributed by atoms with E-state index in [1.165, 1.54) is 0 Å². The molecule has 0 bridgehead atoms. The second-order valence-corrected chi connectivity index (χ2v) is 9.43. The number of aldehydes is 1. The van der Waals surface area contributed by atoms with E-state index in [1.807, 2.05) is 35.3 Å². The number of nitrogens with zero attached hydrogens (tertiary/aromatic N) is 1. The molecule has 13 heteroatoms. The minimum atomic E-state index is -2.96. The zero-order valence-corrected chi connectivity index (χ0v) is 19.8. The van der Waals surface area contributed by atoms with Crippen LogP contribution in [0.15, 0.2) is 58.3 Å². The van der Waals surface area contributed by atoms with E-state index in [2.05, 4.69) is 5.09 Å². The molecule has 0 spiro atoms. The van der Waals surface area contributed by atoms with Gasteiger partial charge in [0.15, 0.2) is 5.60 Å². The molecule has 9 nitrogen and oxygen atoms in total. The van der Waals surface area contributed by atoms with Crippen LogP contribution in [0.4, 0.5) is 8.78 Å². The molecule has 1 fully saturated rings. The maximum atomic E-state index is 14.2. The summed E-state index contributed by atoms with van der Waals surface area (Å²) < 4.78 is 46.6. The third kappa shape index (κ3) is 5.60. The van der Waals surface area contributed by atoms with Crippen LogP contribution in [0, 0.1) is 0 Å². The van der Waals surface area contributed by atoms with Crippen LogP contribution in [0.25, 0.3) is 10.8 Å². The van der Waals surface area contributed by atoms with Gasteiger partial charge >= 0.3 is 14.2 Å². The number of alkyl halides is 2. The predicted molar refractivity (Wildman–Crippen MR) is 126 cm³/mol. The van der Waals surface area contributed by atoms with Crippen LogP contribution in [-0.4, -0.2) is 41.0 Å². The molecule has 1 aromatic heterocycles. The van der Waals surface area contributed by atoms with Crippen molar-refractivity contribution in [2.24, 2.45) is 0 Å². The number of aromatic nitrogens is 2. The van der Waals surface area contributed by atoms with Crippen molar-refractivity contribution in [3.05, 3.63) is 74.5 Å². The van der Waals surface area contributed by atoms with Crippen molar-refractivity contribution in [3.8, 4) is 5.75 Å². The fraction of sp³-hybridized carbons (Fsp3) is 0.318. The molecule has 4 rings (SSSR count). The van der Waals surface area contributed by atoms with Gasteiger partial charge in [-0.2, -0.15) is 0 Å². The van der Waals surface area contributed by atoms with Crippen LogP contribution in [0.3, 0.4) is 0 Å². The fourth-order valence-electron chi connectivity index (χ4n) is 3.71. The van der Waals surface area contributed by atoms with Crippen LogP contribution in [0.5, 0.6) is 5.75 Å². The average molecular weight is 528 g/mol. The van der Waals surface area contributed by atoms with Crippen LogP contribution >= 0.6 is 20.1 Å². The van der Waals surface area contributed by atoms with Crippen molar-refractivity contribution < 1.29 is 27.4 Å². The van der Waals surface area contributed by atoms with E-state index in [0.29, 0.717) is 12.0 Å². The number of nitrogens with one attached hydrogen (secondary N) is 2. The Balaban J connectivity index is 1.52. The standard InChI is InChI=1S/C22H21ClF2N3O6P/c23-16-12-28(21(31)27-19(16)30)18-8-9-22(33-18,20(24)25)13-32-35(26-10-11-29)34-17-7-3-5-14-4-1-2-6-15(14)17/h1-7,11-12,18,20,26H,8-10,13H2,(H,27,30,31). The van der Waals surface area contributed by atoms with Crippen molar-refractivity contribution in [1.82, 2.24) is 14.6 Å². The zero-order valence-electron chi connectivity index (χ0n) is 18.2. The Hall–Kier alpha value is -2.69. The van der Waals surface area contributed by atoms with Crippen LogP contribution < -0.4 is 20.9 Å². The van der Waals surface area contributed by atoms with Crippen molar-refractivity contribution in [1.29, 1.82) is 0 Å². The lowest BCUT2D eigenvalue weighted by molar-refractivity contribution is -0.165. The number of carbonyl (C=O) groups is 1. The molecule has 0 saturated carbocycles. The topological polar surface area (TPSA) is 112 Å². The molecule has 3 unspecified atom stereocenters. The highest BCUT2D eigenvalue weighted by atomic mass is 35.5. The highest BCUT2D eigenvalue weighted by molar-refractivity contribution is 7.45. The van der Waals surface area contributed by atoms with Gasteiger partial charge in [0, 0.05) is 11.6 Å². The second kappa shape index (κ2) is 10.9. The first-order valence-corrected chi connectivity index (χ1v) is 12.1. The number of fused-ring (bicyclic) bond motifs is 1. The molecule has 0 aliphatic carbocycles. The Morgan fingerprint density at radius 2 is 2.06 bits per heavy atom. The first-order chi connectivity index (χ1) is 16.8. The van der Waals surface area contributed by atoms with Gasteiger partial charge in [0.2, 0.25) is 0 Å². The smallest absolute Gasteiger partial charge is 0.330 e. The van der Waals surface area contributed by atoms with Gasteiger partial charge in [0.25, 0.3) is 12.0 Å². The summed E-state index contributed by atoms with van der Waals surface area (Å²) in [4.78, 5) is 36.6. The largest absolute Gasteiger partial charge is 0.435 e. The summed E-state index contributed by atoms with van der Waals surface area (Å²) in [6.07, 6.45) is -2.46. The molecule has 0 amide bonds. The Bertz CT molecular complexity index is 1320. The third-order valence-corrected chi connectivity index (χ3v) is 6.91. The van der Waals surface area contributed by atoms with Gasteiger partial charge in [-0.15, -0.1) is 0 Å². The number of hydrogen-bond donors (Lipinski definition) is 2. The lowest BCUT2D eigenvalue weighted by atomic mass is 10.0. The maximum absolute atomic E-state index is 14.2. The van der Waals surface area contributed by atoms with E-state index in [4.69, 9.17) is 25.4 Å². The number of halogens is 3. The fourth-order valence-corrected chi connectivity index (χ4v) is 4.96. The number of rotatable bonds is 10. The number of hydrogen-bond acceptors (Lipinski definition) is 7. The van der Waals surface area contributed by atoms with Crippen molar-refractivity contribution in [2.75, 3.05) is 13.2 Å². The number of ether oxygens (including phenoxy) is 1. The Morgan fingerprint density at radius 1 is 1.29 bits per heavy atom. The average Bonchev–Trinajstić information content (AvgIpc) is 3.29. The Morgan fingerprint density at radius 3 is 2.83 bits per heavy atom. The molecular formula is C22H21ClF2N3O6P. The lowest BCUT2D eigenvalue weighted by Gasteiger charge is -2.30. The molecule has 0 radical (unpaired) electrons. The van der Waals surface area contributed by atoms with Crippen LogP contribution in [0.2, 0.25) is 5.02 Å². The summed E-state index contributed by atoms with van der Waals surface area (Å²) in [6, 6.07) is 12.8. The van der Waals surface area contributed by atoms with E-state index in [9.17, 15) is 23.2 Å². The molecule has 1 aliphatic heterocycles. The minimum absolute atomic E-state index is 0.0554. The number of aromatic amines is 1. The number of benzene rings is 2. The molecule has 2 heterocycles. The van der Waals surface area contributed by atoms with Gasteiger partial charge in [-0.1, -0.05) is 48.0 Å². The van der Waals surface area contributed by atoms with E-state index in [-0.39, 0.29) is 24.4 Å². The SMILES string of the molecule is O=CCNP(OCC1(C(F)F)CCC(n2cc(Cl)c(=O)[nH]c2=O)O1)Oc1cccc2ccccc12. The highest BCUT2D eigenvalue weighted by Crippen LogP contribution is 2.45. The Labute approximate surface area is 203 Å². The van der Waals surface area contributed by atoms with Gasteiger partial charge in [-0.3, -0.25) is 14.3 Å². The summed E-state index contributed by atoms with van der Waals surface area (Å²) in [6.45, 7) is -0.692. The molecule has 35 heavy (non-hydrogen) atoms. The molecule has 3 atom stereocenters. The summed E-state index contributed by atoms with van der Waals surface area (Å²) >= 11 is 5.78. The minimum Gasteiger partial charge on any atom is -0.435 e. The van der Waals surface area contributed by atoms with Gasteiger partial charge in [-0.05, 0) is 24.3 Å². The second-order valence-electron chi connectivity index (χ2n) is 7.75. The third-order valence-electron chi connectivity index (χ3n) is 5.48. The molecule has 3 aromatic rings. The normalized spacial score (nSPS) is 20.9. The summed E-state index contributed by atoms with van der Waals surface area (Å²) in [5, 5.41) is 4.19. The van der Waals surface area contributed by atoms with Crippen LogP contribution in [-0.2, 0) is 14.1 Å². The molecule has 2 aromatic carbocycles. The van der Waals surface area contributed by atoms with Gasteiger partial charge in [0.05, 0.1) is 13.2 Å². The lowest BCUT2D eigenvalue weighted by Crippen LogP contribution is -2.43. The number of H-pyrrole nitrogens is 1. The first kappa shape index (κ1) is 25.4. The van der Waals surface area contributed by atoms with Crippen molar-refractivity contribution in [3.63, 3.8) is 0 Å². The molecule has 186 valence electrons. The quantitative estimate of drug-likeness (QED) is 0.305. The highest BCUT2D eigenvalue weighted by Gasteiger charge is 2.49. The molecule has 1 saturated heterocycles. The zero-order chi connectivity index (χ0) is 25.0. The van der Waals surface area contributed by atoms with E-state index >= 15 is 0 Å². The number of carbonyl (C=O) groups excluding carboxylic acids is 1. The van der Waals surface area contributed by atoms with Gasteiger partial charge < -0.3 is 18.6 Å². The van der Waals surface area contributed by atoms with E-state index < -0.39 is 44.6 Å². The predicted octanol–water partition coefficient (Wildman–Crippen LogP) is 3.77. The Kier molecular flexibility index (Phi) is 7.93. The molecular weight excluding hydrogens is 507 g/mol. The van der Waals surface area contributed by atoms with E-state index in [1.54, 1.807) is 12.1 Å². The molecule has 2 N–H and O–H groups in total. The van der Waals surface area contributed by atoms with E-state index in [0.717, 1.165) is 21.5 Å². The first-order valence-electron chi connectivity index (χ1n) is 10.6. The van der Waals surface area contributed by atoms with Gasteiger partial charge in [-0.25, -0.2) is 18.7 Å². The van der Waals surface area contributed by atoms with Crippen molar-refractivity contribution in [2.45, 2.75) is 31.1 Å². The monoisotopic (exact) mass is 527 g/mol. The van der Waals surface area contributed by atoms with Crippen molar-refractivity contribution >= 4 is 37.2 Å². The summed E-state index contributed by atoms with van der Waals surface area (Å²) in [5.41, 5.74) is -3.66. The van der Waals surface area contributed by atoms with Crippen LogP contribution in [0.1, 0.15) is 19.1 Å². The summed E-state index contributed by atoms with van der Waals surface area (Å²) in [7, 11) is -2.00. The van der Waals surface area contributed by atoms with Gasteiger partial charge in [0.1, 0.15) is 23.3 Å². The molecule has 1 aliphatic rings. The summed E-state index contributed by atoms with van der Waals surface area (Å²) in [5.74, 6) is 0.457.